The van der Waals surface area contributed by atoms with Crippen molar-refractivity contribution in [2.75, 3.05) is 17.2 Å². The van der Waals surface area contributed by atoms with Gasteiger partial charge in [0.2, 0.25) is 0 Å². The van der Waals surface area contributed by atoms with E-state index in [0.29, 0.717) is 29.5 Å². The molecule has 0 atom stereocenters. The van der Waals surface area contributed by atoms with Crippen LogP contribution in [0.3, 0.4) is 0 Å². The molecule has 32 heavy (non-hydrogen) atoms. The van der Waals surface area contributed by atoms with Gasteiger partial charge in [0.15, 0.2) is 0 Å². The Hall–Kier alpha value is -2.31. The van der Waals surface area contributed by atoms with Gasteiger partial charge in [0, 0.05) is 44.3 Å². The van der Waals surface area contributed by atoms with Gasteiger partial charge < -0.3 is 20.4 Å². The Kier molecular flexibility index (Phi) is 8.77. The van der Waals surface area contributed by atoms with Gasteiger partial charge in [-0.05, 0) is 43.5 Å². The quantitative estimate of drug-likeness (QED) is 0.355. The zero-order valence-corrected chi connectivity index (χ0v) is 21.0. The number of nitrogens with one attached hydrogen (secondary N) is 2. The Morgan fingerprint density at radius 2 is 1.81 bits per heavy atom. The van der Waals surface area contributed by atoms with Crippen LogP contribution >= 0.6 is 0 Å². The molecule has 0 spiro atoms. The summed E-state index contributed by atoms with van der Waals surface area (Å²) in [5.74, 6) is -0.655. The standard InChI is InChI=1S/C25H26N3O3.Y/c1-2-31-25(30)19-11-13-22(27-20-8-4-3-5-9-20)23(16-19)28-24(29)18-10-12-21-17(15-18)7-6-14-26-21;/h6-7,10-13,15-16,20,27H,2-5,8-9H2,1H3,(H,28,29);/q-1;. The van der Waals surface area contributed by atoms with E-state index in [9.17, 15) is 9.59 Å². The molecule has 1 aromatic heterocycles. The van der Waals surface area contributed by atoms with Crippen LogP contribution in [0.2, 0.25) is 0 Å². The Balaban J connectivity index is 0.00000289. The van der Waals surface area contributed by atoms with Crippen LogP contribution in [0.25, 0.3) is 10.9 Å². The summed E-state index contributed by atoms with van der Waals surface area (Å²) in [7, 11) is 0. The number of pyridine rings is 1. The van der Waals surface area contributed by atoms with Gasteiger partial charge in [-0.15, -0.1) is 5.39 Å². The zero-order chi connectivity index (χ0) is 21.6. The molecule has 0 aliphatic heterocycles. The summed E-state index contributed by atoms with van der Waals surface area (Å²) < 4.78 is 5.13. The number of aromatic nitrogens is 1. The van der Waals surface area contributed by atoms with Gasteiger partial charge in [-0.1, -0.05) is 43.7 Å². The average Bonchev–Trinajstić information content (AvgIpc) is 2.80. The number of rotatable bonds is 6. The minimum Gasteiger partial charge on any atom is -0.462 e. The zero-order valence-electron chi connectivity index (χ0n) is 18.2. The third-order valence-corrected chi connectivity index (χ3v) is 5.56. The minimum atomic E-state index is -0.407. The van der Waals surface area contributed by atoms with E-state index in [1.807, 2.05) is 12.1 Å². The maximum absolute atomic E-state index is 13.0. The average molecular weight is 505 g/mol. The molecule has 1 amide bonds. The van der Waals surface area contributed by atoms with E-state index >= 15 is 0 Å². The third kappa shape index (κ3) is 5.93. The van der Waals surface area contributed by atoms with Crippen LogP contribution in [0.15, 0.2) is 48.5 Å². The molecule has 0 bridgehead atoms. The molecule has 4 rings (SSSR count). The molecule has 2 aromatic carbocycles. The SMILES string of the molecule is CCOC(=O)c1ccc(NC2CCCCC2)c(NC(=O)c2ccc3n[c-]ccc3c2)c1.[Y]. The number of nitrogens with zero attached hydrogens (tertiary/aromatic N) is 1. The number of carbonyl (C=O) groups excluding carboxylic acids is 2. The molecule has 1 saturated carbocycles. The van der Waals surface area contributed by atoms with Crippen LogP contribution in [0.1, 0.15) is 59.7 Å². The van der Waals surface area contributed by atoms with Crippen LogP contribution in [0.5, 0.6) is 0 Å². The second-order valence-electron chi connectivity index (χ2n) is 7.76. The fourth-order valence-corrected chi connectivity index (χ4v) is 3.94. The predicted octanol–water partition coefficient (Wildman–Crippen LogP) is 5.21. The second kappa shape index (κ2) is 11.5. The molecule has 3 aromatic rings. The van der Waals surface area contributed by atoms with E-state index in [1.165, 1.54) is 19.3 Å². The first-order valence-corrected chi connectivity index (χ1v) is 10.8. The van der Waals surface area contributed by atoms with Crippen LogP contribution in [0, 0.1) is 6.20 Å². The van der Waals surface area contributed by atoms with E-state index < -0.39 is 5.97 Å². The van der Waals surface area contributed by atoms with Crippen molar-refractivity contribution in [3.05, 3.63) is 65.9 Å². The fourth-order valence-electron chi connectivity index (χ4n) is 3.94. The summed E-state index contributed by atoms with van der Waals surface area (Å²) >= 11 is 0. The number of ether oxygens (including phenoxy) is 1. The van der Waals surface area contributed by atoms with E-state index in [2.05, 4.69) is 21.8 Å². The van der Waals surface area contributed by atoms with Crippen molar-refractivity contribution in [1.29, 1.82) is 0 Å². The molecule has 1 radical (unpaired) electrons. The van der Waals surface area contributed by atoms with Gasteiger partial charge >= 0.3 is 5.97 Å². The Morgan fingerprint density at radius 1 is 1.03 bits per heavy atom. The predicted molar refractivity (Wildman–Crippen MR) is 121 cm³/mol. The second-order valence-corrected chi connectivity index (χ2v) is 7.76. The Labute approximate surface area is 213 Å². The molecule has 163 valence electrons. The van der Waals surface area contributed by atoms with Crippen molar-refractivity contribution in [3.63, 3.8) is 0 Å². The molecule has 0 saturated heterocycles. The fraction of sp³-hybridized carbons (Fsp3) is 0.320. The van der Waals surface area contributed by atoms with E-state index in [-0.39, 0.29) is 38.6 Å². The summed E-state index contributed by atoms with van der Waals surface area (Å²) in [6.07, 6.45) is 8.65. The van der Waals surface area contributed by atoms with E-state index in [0.717, 1.165) is 29.4 Å². The van der Waals surface area contributed by atoms with Crippen molar-refractivity contribution in [2.45, 2.75) is 45.1 Å². The minimum absolute atomic E-state index is 0. The number of fused-ring (bicyclic) bond motifs is 1. The summed E-state index contributed by atoms with van der Waals surface area (Å²) in [5.41, 5.74) is 3.09. The van der Waals surface area contributed by atoms with Crippen molar-refractivity contribution in [3.8, 4) is 0 Å². The Morgan fingerprint density at radius 3 is 2.59 bits per heavy atom. The number of hydrogen-bond acceptors (Lipinski definition) is 5. The maximum atomic E-state index is 13.0. The molecule has 1 aliphatic rings. The summed E-state index contributed by atoms with van der Waals surface area (Å²) in [4.78, 5) is 29.4. The van der Waals surface area contributed by atoms with Crippen molar-refractivity contribution < 1.29 is 47.0 Å². The summed E-state index contributed by atoms with van der Waals surface area (Å²) in [5, 5.41) is 7.40. The van der Waals surface area contributed by atoms with Gasteiger partial charge in [0.1, 0.15) is 0 Å². The van der Waals surface area contributed by atoms with Crippen LogP contribution < -0.4 is 10.6 Å². The smallest absolute Gasteiger partial charge is 0.338 e. The van der Waals surface area contributed by atoms with E-state index in [4.69, 9.17) is 4.74 Å². The number of amides is 1. The van der Waals surface area contributed by atoms with Gasteiger partial charge in [-0.25, -0.2) is 4.79 Å². The van der Waals surface area contributed by atoms with Gasteiger partial charge in [-0.3, -0.25) is 4.79 Å². The number of benzene rings is 2. The number of esters is 1. The molecular weight excluding hydrogens is 479 g/mol. The largest absolute Gasteiger partial charge is 0.462 e. The molecule has 0 unspecified atom stereocenters. The molecule has 1 aliphatic carbocycles. The summed E-state index contributed by atoms with van der Waals surface area (Å²) in [6.45, 7) is 2.07. The molecule has 1 heterocycles. The topological polar surface area (TPSA) is 80.3 Å². The Bertz CT molecular complexity index is 1100. The van der Waals surface area contributed by atoms with Crippen molar-refractivity contribution in [1.82, 2.24) is 4.98 Å². The molecule has 2 N–H and O–H groups in total. The number of hydrogen-bond donors (Lipinski definition) is 2. The third-order valence-electron chi connectivity index (χ3n) is 5.56. The van der Waals surface area contributed by atoms with Gasteiger partial charge in [0.25, 0.3) is 5.91 Å². The summed E-state index contributed by atoms with van der Waals surface area (Å²) in [6, 6.07) is 14.6. The normalized spacial score (nSPS) is 13.8. The number of carbonyl (C=O) groups is 2. The monoisotopic (exact) mass is 505 g/mol. The van der Waals surface area contributed by atoms with Crippen LogP contribution in [-0.4, -0.2) is 29.5 Å². The van der Waals surface area contributed by atoms with Crippen molar-refractivity contribution >= 4 is 34.2 Å². The van der Waals surface area contributed by atoms with Crippen molar-refractivity contribution in [2.24, 2.45) is 0 Å². The first-order chi connectivity index (χ1) is 15.1. The molecule has 7 heteroatoms. The van der Waals surface area contributed by atoms with Gasteiger partial charge in [-0.2, -0.15) is 12.1 Å². The molecule has 1 fully saturated rings. The van der Waals surface area contributed by atoms with Crippen LogP contribution in [0.4, 0.5) is 11.4 Å². The molecule has 6 nitrogen and oxygen atoms in total. The number of anilines is 2. The van der Waals surface area contributed by atoms with E-state index in [1.54, 1.807) is 43.3 Å². The van der Waals surface area contributed by atoms with Crippen LogP contribution in [-0.2, 0) is 37.4 Å². The first kappa shape index (κ1) is 24.3. The van der Waals surface area contributed by atoms with Gasteiger partial charge in [0.05, 0.1) is 23.5 Å². The molecular formula is C25H26N3O3Y-. The first-order valence-electron chi connectivity index (χ1n) is 10.8. The maximum Gasteiger partial charge on any atom is 0.338 e.